The first-order chi connectivity index (χ1) is 9.97. The van der Waals surface area contributed by atoms with Gasteiger partial charge in [-0.1, -0.05) is 38.8 Å². The summed E-state index contributed by atoms with van der Waals surface area (Å²) in [5.74, 6) is 0.326. The molecule has 0 spiro atoms. The number of hydrogen-bond acceptors (Lipinski definition) is 2. The van der Waals surface area contributed by atoms with Gasteiger partial charge >= 0.3 is 0 Å². The summed E-state index contributed by atoms with van der Waals surface area (Å²) in [5.41, 5.74) is 1.62. The van der Waals surface area contributed by atoms with Crippen molar-refractivity contribution in [2.75, 3.05) is 13.1 Å². The molecule has 1 aromatic rings. The van der Waals surface area contributed by atoms with Crippen molar-refractivity contribution in [2.24, 2.45) is 0 Å². The Kier molecular flexibility index (Phi) is 7.71. The minimum Gasteiger partial charge on any atom is -0.207 e. The van der Waals surface area contributed by atoms with Crippen LogP contribution < -0.4 is 0 Å². The number of rotatable bonds is 9. The summed E-state index contributed by atoms with van der Waals surface area (Å²) in [6, 6.07) is 5.43. The second-order valence-corrected chi connectivity index (χ2v) is 7.52. The molecule has 0 bridgehead atoms. The molecule has 1 aromatic carbocycles. The van der Waals surface area contributed by atoms with Crippen LogP contribution in [0.3, 0.4) is 0 Å². The van der Waals surface area contributed by atoms with Gasteiger partial charge in [0.25, 0.3) is 0 Å². The highest BCUT2D eigenvalue weighted by molar-refractivity contribution is 7.89. The summed E-state index contributed by atoms with van der Waals surface area (Å²) in [4.78, 5) is 0.396. The first kappa shape index (κ1) is 18.5. The average molecular weight is 332 g/mol. The van der Waals surface area contributed by atoms with E-state index >= 15 is 0 Å². The number of sulfonamides is 1. The summed E-state index contributed by atoms with van der Waals surface area (Å²) in [6.45, 7) is 7.16. The number of alkyl halides is 1. The lowest BCUT2D eigenvalue weighted by Gasteiger charge is -2.23. The van der Waals surface area contributed by atoms with Crippen molar-refractivity contribution in [1.82, 2.24) is 4.31 Å². The van der Waals surface area contributed by atoms with Crippen LogP contribution in [0.2, 0.25) is 0 Å². The maximum absolute atomic E-state index is 12.9. The van der Waals surface area contributed by atoms with Gasteiger partial charge in [-0.15, -0.1) is 11.6 Å². The van der Waals surface area contributed by atoms with Gasteiger partial charge in [0.15, 0.2) is 0 Å². The predicted octanol–water partition coefficient (Wildman–Crippen LogP) is 4.32. The van der Waals surface area contributed by atoms with Crippen LogP contribution in [0.25, 0.3) is 0 Å². The van der Waals surface area contributed by atoms with Gasteiger partial charge in [-0.25, -0.2) is 8.42 Å². The maximum Gasteiger partial charge on any atom is 0.243 e. The van der Waals surface area contributed by atoms with E-state index in [1.807, 2.05) is 19.1 Å². The highest BCUT2D eigenvalue weighted by Crippen LogP contribution is 2.23. The normalized spacial score (nSPS) is 12.0. The van der Waals surface area contributed by atoms with Crippen LogP contribution in [0.15, 0.2) is 23.1 Å². The fourth-order valence-electron chi connectivity index (χ4n) is 2.17. The number of benzene rings is 1. The van der Waals surface area contributed by atoms with Crippen LogP contribution >= 0.6 is 11.6 Å². The van der Waals surface area contributed by atoms with E-state index in [0.717, 1.165) is 36.8 Å². The Morgan fingerprint density at radius 2 is 1.67 bits per heavy atom. The first-order valence-corrected chi connectivity index (χ1v) is 9.60. The molecule has 0 saturated heterocycles. The Hall–Kier alpha value is -0.580. The van der Waals surface area contributed by atoms with Gasteiger partial charge in [0.1, 0.15) is 0 Å². The van der Waals surface area contributed by atoms with E-state index in [9.17, 15) is 8.42 Å². The second-order valence-electron chi connectivity index (χ2n) is 5.34. The summed E-state index contributed by atoms with van der Waals surface area (Å²) in [5, 5.41) is 0. The van der Waals surface area contributed by atoms with E-state index < -0.39 is 10.0 Å². The Balaban J connectivity index is 3.14. The minimum atomic E-state index is -3.43. The molecular formula is C16H26ClNO2S. The Morgan fingerprint density at radius 3 is 2.14 bits per heavy atom. The van der Waals surface area contributed by atoms with Crippen molar-refractivity contribution in [3.05, 3.63) is 29.3 Å². The fourth-order valence-corrected chi connectivity index (χ4v) is 4.12. The third-order valence-electron chi connectivity index (χ3n) is 3.55. The third-order valence-corrected chi connectivity index (χ3v) is 5.90. The van der Waals surface area contributed by atoms with Gasteiger partial charge in [-0.3, -0.25) is 0 Å². The smallest absolute Gasteiger partial charge is 0.207 e. The van der Waals surface area contributed by atoms with Gasteiger partial charge in [0, 0.05) is 19.0 Å². The molecule has 21 heavy (non-hydrogen) atoms. The van der Waals surface area contributed by atoms with Crippen molar-refractivity contribution < 1.29 is 8.42 Å². The van der Waals surface area contributed by atoms with E-state index in [1.54, 1.807) is 10.4 Å². The van der Waals surface area contributed by atoms with Gasteiger partial charge in [0.2, 0.25) is 10.0 Å². The van der Waals surface area contributed by atoms with Crippen LogP contribution in [0.5, 0.6) is 0 Å². The first-order valence-electron chi connectivity index (χ1n) is 7.63. The van der Waals surface area contributed by atoms with Crippen LogP contribution in [-0.2, 0) is 15.9 Å². The maximum atomic E-state index is 12.9. The third kappa shape index (κ3) is 4.97. The summed E-state index contributed by atoms with van der Waals surface area (Å²) in [7, 11) is -3.43. The Bertz CT molecular complexity index is 535. The Morgan fingerprint density at radius 1 is 1.10 bits per heavy atom. The van der Waals surface area contributed by atoms with Crippen molar-refractivity contribution in [3.8, 4) is 0 Å². The number of nitrogens with zero attached hydrogens (tertiary/aromatic N) is 1. The largest absolute Gasteiger partial charge is 0.243 e. The number of hydrogen-bond donors (Lipinski definition) is 0. The zero-order chi connectivity index (χ0) is 15.9. The quantitative estimate of drug-likeness (QED) is 0.632. The zero-order valence-electron chi connectivity index (χ0n) is 13.2. The molecule has 0 saturated carbocycles. The average Bonchev–Trinajstić information content (AvgIpc) is 2.47. The standard InChI is InChI=1S/C16H26ClNO2S/c1-4-6-10-18(11-7-5-2)21(19,20)16-12-15(13-17)9-8-14(16)3/h8-9,12H,4-7,10-11,13H2,1-3H3. The lowest BCUT2D eigenvalue weighted by molar-refractivity contribution is 0.395. The highest BCUT2D eigenvalue weighted by Gasteiger charge is 2.25. The molecule has 0 unspecified atom stereocenters. The molecule has 5 heteroatoms. The molecule has 0 amide bonds. The predicted molar refractivity (Wildman–Crippen MR) is 89.3 cm³/mol. The summed E-state index contributed by atoms with van der Waals surface area (Å²) >= 11 is 5.84. The monoisotopic (exact) mass is 331 g/mol. The zero-order valence-corrected chi connectivity index (χ0v) is 14.8. The lowest BCUT2D eigenvalue weighted by atomic mass is 10.2. The summed E-state index contributed by atoms with van der Waals surface area (Å²) in [6.07, 6.45) is 3.74. The number of aryl methyl sites for hydroxylation is 1. The van der Waals surface area contributed by atoms with Crippen LogP contribution in [0.4, 0.5) is 0 Å². The van der Waals surface area contributed by atoms with Gasteiger partial charge < -0.3 is 0 Å². The number of halogens is 1. The molecule has 3 nitrogen and oxygen atoms in total. The molecule has 0 aliphatic carbocycles. The molecule has 0 radical (unpaired) electrons. The van der Waals surface area contributed by atoms with E-state index in [1.165, 1.54) is 0 Å². The molecule has 0 fully saturated rings. The van der Waals surface area contributed by atoms with Gasteiger partial charge in [0.05, 0.1) is 4.90 Å². The second kappa shape index (κ2) is 8.76. The van der Waals surface area contributed by atoms with Crippen molar-refractivity contribution >= 4 is 21.6 Å². The molecule has 120 valence electrons. The molecular weight excluding hydrogens is 306 g/mol. The highest BCUT2D eigenvalue weighted by atomic mass is 35.5. The number of unbranched alkanes of at least 4 members (excludes halogenated alkanes) is 2. The van der Waals surface area contributed by atoms with Crippen molar-refractivity contribution in [1.29, 1.82) is 0 Å². The Labute approximate surface area is 134 Å². The summed E-state index contributed by atoms with van der Waals surface area (Å²) < 4.78 is 27.5. The fraction of sp³-hybridized carbons (Fsp3) is 0.625. The molecule has 0 aliphatic heterocycles. The molecule has 0 aromatic heterocycles. The minimum absolute atomic E-state index is 0.326. The van der Waals surface area contributed by atoms with Gasteiger partial charge in [-0.2, -0.15) is 4.31 Å². The van der Waals surface area contributed by atoms with Crippen LogP contribution in [0.1, 0.15) is 50.7 Å². The SMILES string of the molecule is CCCCN(CCCC)S(=O)(=O)c1cc(CCl)ccc1C. The molecule has 0 atom stereocenters. The van der Waals surface area contributed by atoms with E-state index in [2.05, 4.69) is 13.8 Å². The van der Waals surface area contributed by atoms with Crippen molar-refractivity contribution in [2.45, 2.75) is 57.2 Å². The van der Waals surface area contributed by atoms with E-state index in [-0.39, 0.29) is 0 Å². The van der Waals surface area contributed by atoms with E-state index in [4.69, 9.17) is 11.6 Å². The molecule has 1 rings (SSSR count). The van der Waals surface area contributed by atoms with E-state index in [0.29, 0.717) is 23.9 Å². The topological polar surface area (TPSA) is 37.4 Å². The van der Waals surface area contributed by atoms with Crippen molar-refractivity contribution in [3.63, 3.8) is 0 Å². The molecule has 0 N–H and O–H groups in total. The van der Waals surface area contributed by atoms with Gasteiger partial charge in [-0.05, 0) is 37.0 Å². The van der Waals surface area contributed by atoms with Crippen LogP contribution in [-0.4, -0.2) is 25.8 Å². The van der Waals surface area contributed by atoms with Crippen LogP contribution in [0, 0.1) is 6.92 Å². The molecule has 0 heterocycles. The lowest BCUT2D eigenvalue weighted by Crippen LogP contribution is -2.33. The molecule has 0 aliphatic rings.